The molecule has 2 aromatic heterocycles. The molecule has 2 unspecified atom stereocenters. The molecule has 0 bridgehead atoms. The predicted octanol–water partition coefficient (Wildman–Crippen LogP) is 3.04. The summed E-state index contributed by atoms with van der Waals surface area (Å²) in [6.45, 7) is 8.26. The average molecular weight is 247 g/mol. The summed E-state index contributed by atoms with van der Waals surface area (Å²) in [6, 6.07) is 2.54. The molecule has 0 aliphatic carbocycles. The molecule has 0 spiro atoms. The minimum Gasteiger partial charge on any atom is -0.466 e. The fraction of sp³-hybridized carbons (Fsp3) is 0.500. The lowest BCUT2D eigenvalue weighted by atomic mass is 10.1. The first-order valence-corrected chi connectivity index (χ1v) is 6.29. The summed E-state index contributed by atoms with van der Waals surface area (Å²) in [7, 11) is 2.01. The predicted molar refractivity (Wildman–Crippen MR) is 71.4 cm³/mol. The number of imidazole rings is 1. The van der Waals surface area contributed by atoms with Crippen molar-refractivity contribution in [1.82, 2.24) is 14.9 Å². The van der Waals surface area contributed by atoms with Crippen molar-refractivity contribution in [2.75, 3.05) is 0 Å². The molecule has 0 radical (unpaired) electrons. The van der Waals surface area contributed by atoms with Gasteiger partial charge in [0.15, 0.2) is 0 Å². The van der Waals surface area contributed by atoms with Gasteiger partial charge < -0.3 is 14.3 Å². The Labute approximate surface area is 108 Å². The normalized spacial score (nSPS) is 14.7. The fourth-order valence-corrected chi connectivity index (χ4v) is 2.41. The SMILES string of the molecule is Cc1cc(C(C)NC(C)c2nccn2C)c(C)o1. The standard InChI is InChI=1S/C14H21N3O/c1-9-8-13(12(4)18-9)10(2)16-11(3)14-15-6-7-17(14)5/h6-8,10-11,16H,1-5H3. The van der Waals surface area contributed by atoms with Crippen molar-refractivity contribution >= 4 is 0 Å². The van der Waals surface area contributed by atoms with Crippen molar-refractivity contribution in [3.05, 3.63) is 41.4 Å². The molecule has 4 nitrogen and oxygen atoms in total. The number of rotatable bonds is 4. The van der Waals surface area contributed by atoms with Gasteiger partial charge in [0, 0.05) is 31.0 Å². The van der Waals surface area contributed by atoms with Gasteiger partial charge in [-0.25, -0.2) is 4.98 Å². The highest BCUT2D eigenvalue weighted by atomic mass is 16.3. The van der Waals surface area contributed by atoms with Crippen LogP contribution >= 0.6 is 0 Å². The minimum absolute atomic E-state index is 0.203. The zero-order valence-electron chi connectivity index (χ0n) is 11.7. The van der Waals surface area contributed by atoms with Crippen molar-refractivity contribution in [3.63, 3.8) is 0 Å². The Morgan fingerprint density at radius 1 is 1.28 bits per heavy atom. The van der Waals surface area contributed by atoms with Crippen LogP contribution in [0, 0.1) is 13.8 Å². The molecule has 18 heavy (non-hydrogen) atoms. The smallest absolute Gasteiger partial charge is 0.125 e. The second kappa shape index (κ2) is 4.98. The Hall–Kier alpha value is -1.55. The fourth-order valence-electron chi connectivity index (χ4n) is 2.41. The third-order valence-electron chi connectivity index (χ3n) is 3.29. The van der Waals surface area contributed by atoms with Crippen LogP contribution in [0.15, 0.2) is 22.9 Å². The minimum atomic E-state index is 0.203. The van der Waals surface area contributed by atoms with Gasteiger partial charge in [-0.15, -0.1) is 0 Å². The topological polar surface area (TPSA) is 43.0 Å². The molecule has 2 aromatic rings. The number of nitrogens with one attached hydrogen (secondary N) is 1. The van der Waals surface area contributed by atoms with Crippen LogP contribution in [-0.4, -0.2) is 9.55 Å². The Kier molecular flexibility index (Phi) is 3.57. The zero-order valence-corrected chi connectivity index (χ0v) is 11.7. The molecule has 0 saturated carbocycles. The van der Waals surface area contributed by atoms with E-state index in [4.69, 9.17) is 4.42 Å². The summed E-state index contributed by atoms with van der Waals surface area (Å²) in [5.74, 6) is 2.99. The maximum absolute atomic E-state index is 5.57. The van der Waals surface area contributed by atoms with E-state index in [0.29, 0.717) is 0 Å². The average Bonchev–Trinajstić information content (AvgIpc) is 2.84. The van der Waals surface area contributed by atoms with Gasteiger partial charge in [-0.05, 0) is 33.8 Å². The van der Waals surface area contributed by atoms with Gasteiger partial charge in [-0.2, -0.15) is 0 Å². The van der Waals surface area contributed by atoms with E-state index in [2.05, 4.69) is 30.2 Å². The van der Waals surface area contributed by atoms with E-state index < -0.39 is 0 Å². The van der Waals surface area contributed by atoms with E-state index >= 15 is 0 Å². The first kappa shape index (κ1) is 12.9. The van der Waals surface area contributed by atoms with Crippen LogP contribution < -0.4 is 5.32 Å². The monoisotopic (exact) mass is 247 g/mol. The number of hydrogen-bond acceptors (Lipinski definition) is 3. The van der Waals surface area contributed by atoms with E-state index in [9.17, 15) is 0 Å². The highest BCUT2D eigenvalue weighted by Gasteiger charge is 2.17. The van der Waals surface area contributed by atoms with Crippen LogP contribution in [0.25, 0.3) is 0 Å². The largest absolute Gasteiger partial charge is 0.466 e. The molecule has 98 valence electrons. The molecule has 1 N–H and O–H groups in total. The Bertz CT molecular complexity index is 527. The molecule has 0 fully saturated rings. The molecule has 0 aliphatic rings. The molecular formula is C14H21N3O. The van der Waals surface area contributed by atoms with E-state index in [0.717, 1.165) is 17.3 Å². The van der Waals surface area contributed by atoms with Crippen LogP contribution in [0.4, 0.5) is 0 Å². The summed E-state index contributed by atoms with van der Waals surface area (Å²) in [5, 5.41) is 3.55. The lowest BCUT2D eigenvalue weighted by molar-refractivity contribution is 0.452. The van der Waals surface area contributed by atoms with Crippen LogP contribution in [0.2, 0.25) is 0 Å². The second-order valence-corrected chi connectivity index (χ2v) is 4.87. The van der Waals surface area contributed by atoms with Crippen molar-refractivity contribution in [3.8, 4) is 0 Å². The summed E-state index contributed by atoms with van der Waals surface area (Å²) < 4.78 is 7.61. The highest BCUT2D eigenvalue weighted by Crippen LogP contribution is 2.23. The van der Waals surface area contributed by atoms with Crippen LogP contribution in [0.3, 0.4) is 0 Å². The van der Waals surface area contributed by atoms with E-state index in [1.165, 1.54) is 5.56 Å². The maximum atomic E-state index is 5.57. The number of furan rings is 1. The van der Waals surface area contributed by atoms with Crippen molar-refractivity contribution < 1.29 is 4.42 Å². The van der Waals surface area contributed by atoms with Gasteiger partial charge in [0.05, 0.1) is 6.04 Å². The van der Waals surface area contributed by atoms with E-state index in [1.807, 2.05) is 37.9 Å². The van der Waals surface area contributed by atoms with Gasteiger partial charge in [-0.1, -0.05) is 0 Å². The van der Waals surface area contributed by atoms with Crippen molar-refractivity contribution in [2.24, 2.45) is 7.05 Å². The molecule has 0 saturated heterocycles. The van der Waals surface area contributed by atoms with Crippen LogP contribution in [0.1, 0.15) is 48.8 Å². The number of aromatic nitrogens is 2. The highest BCUT2D eigenvalue weighted by molar-refractivity contribution is 5.23. The number of nitrogens with zero attached hydrogens (tertiary/aromatic N) is 2. The molecule has 0 amide bonds. The van der Waals surface area contributed by atoms with Crippen LogP contribution in [-0.2, 0) is 7.05 Å². The molecule has 2 heterocycles. The van der Waals surface area contributed by atoms with Gasteiger partial charge in [-0.3, -0.25) is 0 Å². The molecule has 2 rings (SSSR count). The second-order valence-electron chi connectivity index (χ2n) is 4.87. The molecule has 0 aliphatic heterocycles. The van der Waals surface area contributed by atoms with Gasteiger partial charge >= 0.3 is 0 Å². The first-order chi connectivity index (χ1) is 8.49. The van der Waals surface area contributed by atoms with Gasteiger partial charge in [0.2, 0.25) is 0 Å². The number of aryl methyl sites for hydroxylation is 3. The molecule has 2 atom stereocenters. The lowest BCUT2D eigenvalue weighted by Crippen LogP contribution is -2.24. The first-order valence-electron chi connectivity index (χ1n) is 6.29. The van der Waals surface area contributed by atoms with Crippen molar-refractivity contribution in [2.45, 2.75) is 39.8 Å². The Morgan fingerprint density at radius 3 is 2.50 bits per heavy atom. The van der Waals surface area contributed by atoms with Crippen LogP contribution in [0.5, 0.6) is 0 Å². The van der Waals surface area contributed by atoms with E-state index in [1.54, 1.807) is 0 Å². The third-order valence-corrected chi connectivity index (χ3v) is 3.29. The quantitative estimate of drug-likeness (QED) is 0.903. The van der Waals surface area contributed by atoms with E-state index in [-0.39, 0.29) is 12.1 Å². The maximum Gasteiger partial charge on any atom is 0.125 e. The third kappa shape index (κ3) is 2.48. The van der Waals surface area contributed by atoms with Crippen molar-refractivity contribution in [1.29, 1.82) is 0 Å². The summed E-state index contributed by atoms with van der Waals surface area (Å²) in [4.78, 5) is 4.37. The Morgan fingerprint density at radius 2 is 2.00 bits per heavy atom. The number of hydrogen-bond donors (Lipinski definition) is 1. The molecule has 4 heteroatoms. The summed E-state index contributed by atoms with van der Waals surface area (Å²) >= 11 is 0. The zero-order chi connectivity index (χ0) is 13.3. The molecular weight excluding hydrogens is 226 g/mol. The van der Waals surface area contributed by atoms with Gasteiger partial charge in [0.25, 0.3) is 0 Å². The lowest BCUT2D eigenvalue weighted by Gasteiger charge is -2.19. The Balaban J connectivity index is 2.10. The molecule has 0 aromatic carbocycles. The van der Waals surface area contributed by atoms with Gasteiger partial charge in [0.1, 0.15) is 17.3 Å². The summed E-state index contributed by atoms with van der Waals surface area (Å²) in [5.41, 5.74) is 1.22. The summed E-state index contributed by atoms with van der Waals surface area (Å²) in [6.07, 6.45) is 3.79.